The highest BCUT2D eigenvalue weighted by Crippen LogP contribution is 2.22. The van der Waals surface area contributed by atoms with Crippen molar-refractivity contribution < 1.29 is 27.5 Å². The summed E-state index contributed by atoms with van der Waals surface area (Å²) in [6.45, 7) is 1.90. The molecule has 0 spiro atoms. The normalized spacial score (nSPS) is 10.7. The zero-order valence-electron chi connectivity index (χ0n) is 14.2. The summed E-state index contributed by atoms with van der Waals surface area (Å²) in [5, 5.41) is 2.47. The van der Waals surface area contributed by atoms with Crippen LogP contribution in [0.3, 0.4) is 0 Å². The number of esters is 1. The lowest BCUT2D eigenvalue weighted by atomic mass is 10.2. The van der Waals surface area contributed by atoms with Crippen molar-refractivity contribution in [3.63, 3.8) is 0 Å². The Kier molecular flexibility index (Phi) is 6.18. The first-order chi connectivity index (χ1) is 12.4. The minimum Gasteiger partial charge on any atom is -0.465 e. The number of sulfonamides is 1. The van der Waals surface area contributed by atoms with Crippen LogP contribution in [0.25, 0.3) is 0 Å². The molecular formula is C17H18N2O6S. The van der Waals surface area contributed by atoms with Crippen molar-refractivity contribution in [2.24, 2.45) is 0 Å². The second-order valence-corrected chi connectivity index (χ2v) is 6.69. The first kappa shape index (κ1) is 19.3. The lowest BCUT2D eigenvalue weighted by Crippen LogP contribution is -2.16. The van der Waals surface area contributed by atoms with E-state index in [1.165, 1.54) is 43.5 Å². The van der Waals surface area contributed by atoms with E-state index in [4.69, 9.17) is 4.74 Å². The van der Waals surface area contributed by atoms with Crippen LogP contribution in [0, 0.1) is 0 Å². The molecule has 26 heavy (non-hydrogen) atoms. The molecule has 8 nitrogen and oxygen atoms in total. The summed E-state index contributed by atoms with van der Waals surface area (Å²) in [6.07, 6.45) is -0.631. The van der Waals surface area contributed by atoms with E-state index in [1.807, 2.05) is 0 Å². The van der Waals surface area contributed by atoms with Gasteiger partial charge in [0.15, 0.2) is 0 Å². The highest BCUT2D eigenvalue weighted by Gasteiger charge is 2.19. The van der Waals surface area contributed by atoms with Crippen molar-refractivity contribution >= 4 is 33.5 Å². The van der Waals surface area contributed by atoms with E-state index in [9.17, 15) is 18.0 Å². The molecule has 2 rings (SSSR count). The van der Waals surface area contributed by atoms with Crippen LogP contribution >= 0.6 is 0 Å². The first-order valence-electron chi connectivity index (χ1n) is 7.61. The van der Waals surface area contributed by atoms with Crippen LogP contribution in [0.2, 0.25) is 0 Å². The summed E-state index contributed by atoms with van der Waals surface area (Å²) in [5.74, 6) is -0.655. The van der Waals surface area contributed by atoms with Gasteiger partial charge in [0.25, 0.3) is 10.0 Å². The number of nitrogens with one attached hydrogen (secondary N) is 2. The Morgan fingerprint density at radius 1 is 1.04 bits per heavy atom. The molecule has 2 aromatic carbocycles. The second-order valence-electron chi connectivity index (χ2n) is 5.01. The maximum Gasteiger partial charge on any atom is 0.411 e. The van der Waals surface area contributed by atoms with E-state index < -0.39 is 22.1 Å². The number of amides is 1. The Morgan fingerprint density at radius 3 is 2.31 bits per heavy atom. The third-order valence-electron chi connectivity index (χ3n) is 3.26. The standard InChI is InChI=1S/C17H18N2O6S/c1-3-25-17(21)18-12-8-10-13(11-9-12)26(22,23)19-15-7-5-4-6-14(15)16(20)24-2/h4-11,19H,3H2,1-2H3,(H,18,21). The van der Waals surface area contributed by atoms with Gasteiger partial charge in [0, 0.05) is 5.69 Å². The molecule has 0 fully saturated rings. The summed E-state index contributed by atoms with van der Waals surface area (Å²) in [7, 11) is -2.72. The predicted octanol–water partition coefficient (Wildman–Crippen LogP) is 2.84. The van der Waals surface area contributed by atoms with Gasteiger partial charge in [-0.1, -0.05) is 12.1 Å². The monoisotopic (exact) mass is 378 g/mol. The van der Waals surface area contributed by atoms with E-state index in [2.05, 4.69) is 14.8 Å². The zero-order chi connectivity index (χ0) is 19.2. The highest BCUT2D eigenvalue weighted by molar-refractivity contribution is 7.92. The van der Waals surface area contributed by atoms with Gasteiger partial charge in [0.05, 0.1) is 29.9 Å². The van der Waals surface area contributed by atoms with E-state index in [1.54, 1.807) is 19.1 Å². The van der Waals surface area contributed by atoms with Gasteiger partial charge in [-0.25, -0.2) is 18.0 Å². The summed E-state index contributed by atoms with van der Waals surface area (Å²) in [4.78, 5) is 23.1. The fraction of sp³-hybridized carbons (Fsp3) is 0.176. The number of carbonyl (C=O) groups excluding carboxylic acids is 2. The van der Waals surface area contributed by atoms with Crippen molar-refractivity contribution in [3.8, 4) is 0 Å². The van der Waals surface area contributed by atoms with E-state index in [-0.39, 0.29) is 22.8 Å². The van der Waals surface area contributed by atoms with Crippen LogP contribution in [0.15, 0.2) is 53.4 Å². The average Bonchev–Trinajstić information content (AvgIpc) is 2.62. The van der Waals surface area contributed by atoms with E-state index >= 15 is 0 Å². The number of methoxy groups -OCH3 is 1. The molecule has 0 saturated carbocycles. The molecule has 0 saturated heterocycles. The van der Waals surface area contributed by atoms with Crippen molar-refractivity contribution in [1.82, 2.24) is 0 Å². The van der Waals surface area contributed by atoms with Crippen LogP contribution in [-0.4, -0.2) is 34.2 Å². The molecule has 0 heterocycles. The van der Waals surface area contributed by atoms with Crippen molar-refractivity contribution in [2.45, 2.75) is 11.8 Å². The van der Waals surface area contributed by atoms with Gasteiger partial charge in [-0.2, -0.15) is 0 Å². The van der Waals surface area contributed by atoms with Crippen LogP contribution in [0.4, 0.5) is 16.2 Å². The average molecular weight is 378 g/mol. The number of hydrogen-bond acceptors (Lipinski definition) is 6. The molecule has 0 bridgehead atoms. The third kappa shape index (κ3) is 4.73. The largest absolute Gasteiger partial charge is 0.465 e. The molecule has 1 amide bonds. The molecule has 2 N–H and O–H groups in total. The fourth-order valence-electron chi connectivity index (χ4n) is 2.07. The van der Waals surface area contributed by atoms with Gasteiger partial charge in [-0.3, -0.25) is 10.0 Å². The third-order valence-corrected chi connectivity index (χ3v) is 4.64. The molecule has 0 unspecified atom stereocenters. The molecule has 2 aromatic rings. The summed E-state index contributed by atoms with van der Waals surface area (Å²) in [6, 6.07) is 11.6. The number of anilines is 2. The van der Waals surface area contributed by atoms with E-state index in [0.717, 1.165) is 0 Å². The van der Waals surface area contributed by atoms with E-state index in [0.29, 0.717) is 5.69 Å². The lowest BCUT2D eigenvalue weighted by Gasteiger charge is -2.12. The van der Waals surface area contributed by atoms with Crippen LogP contribution < -0.4 is 10.0 Å². The van der Waals surface area contributed by atoms with Crippen molar-refractivity contribution in [1.29, 1.82) is 0 Å². The van der Waals surface area contributed by atoms with Gasteiger partial charge in [-0.15, -0.1) is 0 Å². The number of hydrogen-bond donors (Lipinski definition) is 2. The molecule has 0 aromatic heterocycles. The minimum atomic E-state index is -3.93. The first-order valence-corrected chi connectivity index (χ1v) is 9.09. The summed E-state index contributed by atoms with van der Waals surface area (Å²) >= 11 is 0. The molecule has 9 heteroatoms. The second kappa shape index (κ2) is 8.34. The summed E-state index contributed by atoms with van der Waals surface area (Å²) in [5.41, 5.74) is 0.588. The van der Waals surface area contributed by atoms with Gasteiger partial charge in [0.2, 0.25) is 0 Å². The number of carbonyl (C=O) groups is 2. The number of ether oxygens (including phenoxy) is 2. The smallest absolute Gasteiger partial charge is 0.411 e. The molecule has 0 atom stereocenters. The van der Waals surface area contributed by atoms with Crippen molar-refractivity contribution in [3.05, 3.63) is 54.1 Å². The quantitative estimate of drug-likeness (QED) is 0.748. The number of benzene rings is 2. The van der Waals surface area contributed by atoms with Crippen LogP contribution in [0.5, 0.6) is 0 Å². The Morgan fingerprint density at radius 2 is 1.69 bits per heavy atom. The minimum absolute atomic E-state index is 0.0356. The maximum atomic E-state index is 12.5. The Bertz CT molecular complexity index is 894. The molecule has 0 aliphatic carbocycles. The number of rotatable bonds is 6. The summed E-state index contributed by atoms with van der Waals surface area (Å²) < 4.78 is 36.8. The molecule has 138 valence electrons. The maximum absolute atomic E-state index is 12.5. The highest BCUT2D eigenvalue weighted by atomic mass is 32.2. The Hall–Kier alpha value is -3.07. The van der Waals surface area contributed by atoms with Gasteiger partial charge in [-0.05, 0) is 43.3 Å². The lowest BCUT2D eigenvalue weighted by molar-refractivity contribution is 0.0602. The van der Waals surface area contributed by atoms with Gasteiger partial charge < -0.3 is 9.47 Å². The zero-order valence-corrected chi connectivity index (χ0v) is 15.0. The van der Waals surface area contributed by atoms with Crippen LogP contribution in [0.1, 0.15) is 17.3 Å². The molecule has 0 aliphatic heterocycles. The van der Waals surface area contributed by atoms with Gasteiger partial charge in [0.1, 0.15) is 0 Å². The predicted molar refractivity (Wildman–Crippen MR) is 95.7 cm³/mol. The van der Waals surface area contributed by atoms with Crippen molar-refractivity contribution in [2.75, 3.05) is 23.8 Å². The topological polar surface area (TPSA) is 111 Å². The molecule has 0 aliphatic rings. The van der Waals surface area contributed by atoms with Crippen LogP contribution in [-0.2, 0) is 19.5 Å². The Balaban J connectivity index is 2.21. The Labute approximate surface area is 151 Å². The molecular weight excluding hydrogens is 360 g/mol. The molecule has 0 radical (unpaired) electrons. The fourth-order valence-corrected chi connectivity index (χ4v) is 3.15. The SMILES string of the molecule is CCOC(=O)Nc1ccc(S(=O)(=O)Nc2ccccc2C(=O)OC)cc1. The van der Waals surface area contributed by atoms with Gasteiger partial charge >= 0.3 is 12.1 Å². The number of para-hydroxylation sites is 1.